The van der Waals surface area contributed by atoms with Crippen LogP contribution in [0.3, 0.4) is 0 Å². The molecule has 1 aliphatic rings. The van der Waals surface area contributed by atoms with Crippen molar-refractivity contribution < 1.29 is 0 Å². The highest BCUT2D eigenvalue weighted by Gasteiger charge is 2.19. The molecule has 30 heavy (non-hydrogen) atoms. The van der Waals surface area contributed by atoms with Gasteiger partial charge in [-0.1, -0.05) is 63.4 Å². The summed E-state index contributed by atoms with van der Waals surface area (Å²) in [5.41, 5.74) is 7.22. The average molecular weight is 399 g/mol. The zero-order valence-corrected chi connectivity index (χ0v) is 18.8. The van der Waals surface area contributed by atoms with E-state index in [2.05, 4.69) is 97.6 Å². The summed E-state index contributed by atoms with van der Waals surface area (Å²) in [5, 5.41) is 0. The van der Waals surface area contributed by atoms with Crippen molar-refractivity contribution in [2.75, 3.05) is 16.8 Å². The molecule has 1 aliphatic carbocycles. The van der Waals surface area contributed by atoms with Crippen LogP contribution < -0.4 is 9.80 Å². The third-order valence-corrected chi connectivity index (χ3v) is 4.98. The summed E-state index contributed by atoms with van der Waals surface area (Å²) in [6.07, 6.45) is 12.1. The van der Waals surface area contributed by atoms with Crippen molar-refractivity contribution in [3.8, 4) is 0 Å². The molecule has 2 nitrogen and oxygen atoms in total. The van der Waals surface area contributed by atoms with Crippen LogP contribution in [0.1, 0.15) is 32.3 Å². The van der Waals surface area contributed by atoms with Gasteiger partial charge in [0.25, 0.3) is 0 Å². The molecule has 0 aromatic heterocycles. The summed E-state index contributed by atoms with van der Waals surface area (Å²) in [5.74, 6) is 0. The predicted octanol–water partition coefficient (Wildman–Crippen LogP) is 7.78. The largest absolute Gasteiger partial charge is 0.348 e. The highest BCUT2D eigenvalue weighted by Crippen LogP contribution is 2.32. The lowest BCUT2D eigenvalue weighted by Crippen LogP contribution is -2.24. The molecule has 0 unspecified atom stereocenters. The highest BCUT2D eigenvalue weighted by atomic mass is 15.2. The van der Waals surface area contributed by atoms with Crippen molar-refractivity contribution in [3.63, 3.8) is 0 Å². The summed E-state index contributed by atoms with van der Waals surface area (Å²) in [7, 11) is 2.14. The molecule has 3 rings (SSSR count). The first-order chi connectivity index (χ1) is 14.6. The molecule has 156 valence electrons. The van der Waals surface area contributed by atoms with E-state index in [9.17, 15) is 0 Å². The van der Waals surface area contributed by atoms with Crippen molar-refractivity contribution in [2.24, 2.45) is 0 Å². The topological polar surface area (TPSA) is 6.48 Å². The van der Waals surface area contributed by atoms with Gasteiger partial charge in [0, 0.05) is 35.5 Å². The maximum absolute atomic E-state index is 4.00. The Balaban J connectivity index is 0.00000155. The number of rotatable bonds is 7. The van der Waals surface area contributed by atoms with E-state index >= 15 is 0 Å². The molecule has 0 bridgehead atoms. The van der Waals surface area contributed by atoms with Crippen LogP contribution in [0.25, 0.3) is 0 Å². The first-order valence-electron chi connectivity index (χ1n) is 10.6. The molecule has 2 aromatic rings. The number of benzene rings is 2. The quantitative estimate of drug-likeness (QED) is 0.439. The summed E-state index contributed by atoms with van der Waals surface area (Å²) in [6.45, 7) is 14.0. The second-order valence-electron chi connectivity index (χ2n) is 6.92. The van der Waals surface area contributed by atoms with E-state index in [1.54, 1.807) is 0 Å². The van der Waals surface area contributed by atoms with E-state index in [4.69, 9.17) is 0 Å². The highest BCUT2D eigenvalue weighted by molar-refractivity contribution is 5.62. The van der Waals surface area contributed by atoms with Gasteiger partial charge in [-0.3, -0.25) is 0 Å². The van der Waals surface area contributed by atoms with Gasteiger partial charge in [-0.25, -0.2) is 0 Å². The van der Waals surface area contributed by atoms with Gasteiger partial charge in [0.05, 0.1) is 0 Å². The van der Waals surface area contributed by atoms with Gasteiger partial charge in [-0.15, -0.1) is 0 Å². The van der Waals surface area contributed by atoms with Crippen molar-refractivity contribution in [2.45, 2.75) is 33.6 Å². The van der Waals surface area contributed by atoms with Crippen molar-refractivity contribution in [1.29, 1.82) is 0 Å². The molecule has 0 saturated carbocycles. The van der Waals surface area contributed by atoms with Crippen molar-refractivity contribution in [1.82, 2.24) is 0 Å². The van der Waals surface area contributed by atoms with Crippen LogP contribution in [0.5, 0.6) is 0 Å². The normalized spacial score (nSPS) is 13.3. The third-order valence-electron chi connectivity index (χ3n) is 4.98. The van der Waals surface area contributed by atoms with Crippen LogP contribution in [0.4, 0.5) is 11.4 Å². The maximum Gasteiger partial charge on any atom is 0.0458 e. The van der Waals surface area contributed by atoms with Crippen molar-refractivity contribution in [3.05, 3.63) is 121 Å². The molecular weight excluding hydrogens is 364 g/mol. The van der Waals surface area contributed by atoms with Gasteiger partial charge in [0.2, 0.25) is 0 Å². The molecule has 0 fully saturated rings. The first kappa shape index (κ1) is 23.0. The zero-order valence-electron chi connectivity index (χ0n) is 18.8. The molecule has 0 aliphatic heterocycles. The Labute approximate surface area is 182 Å². The Bertz CT molecular complexity index is 932. The number of hydrogen-bond donors (Lipinski definition) is 0. The number of hydrogen-bond acceptors (Lipinski definition) is 2. The number of nitrogens with zero attached hydrogens (tertiary/aromatic N) is 2. The van der Waals surface area contributed by atoms with Crippen LogP contribution in [0.15, 0.2) is 115 Å². The van der Waals surface area contributed by atoms with Crippen LogP contribution in [0.2, 0.25) is 0 Å². The van der Waals surface area contributed by atoms with Crippen LogP contribution in [-0.4, -0.2) is 7.05 Å². The Kier molecular flexibility index (Phi) is 8.96. The van der Waals surface area contributed by atoms with E-state index in [-0.39, 0.29) is 0 Å². The van der Waals surface area contributed by atoms with Crippen molar-refractivity contribution >= 4 is 11.4 Å². The molecule has 0 heterocycles. The maximum atomic E-state index is 4.00. The summed E-state index contributed by atoms with van der Waals surface area (Å²) in [4.78, 5) is 4.54. The minimum absolute atomic E-state index is 0.958. The minimum Gasteiger partial charge on any atom is -0.348 e. The third kappa shape index (κ3) is 5.64. The fourth-order valence-electron chi connectivity index (χ4n) is 3.50. The SMILES string of the molecule is C=C/C=C(\C=C)N(C1=CC=C(N(C)c2cccc(C)c2)CC1)c1ccccc1.CC. The lowest BCUT2D eigenvalue weighted by molar-refractivity contribution is 0.830. The van der Waals surface area contributed by atoms with E-state index in [0.717, 1.165) is 24.2 Å². The Hall–Kier alpha value is -3.26. The Morgan fingerprint density at radius 2 is 1.50 bits per heavy atom. The monoisotopic (exact) mass is 398 g/mol. The Morgan fingerprint density at radius 1 is 0.867 bits per heavy atom. The van der Waals surface area contributed by atoms with Crippen LogP contribution in [-0.2, 0) is 0 Å². The average Bonchev–Trinajstić information content (AvgIpc) is 2.80. The van der Waals surface area contributed by atoms with Crippen LogP contribution >= 0.6 is 0 Å². The predicted molar refractivity (Wildman–Crippen MR) is 134 cm³/mol. The van der Waals surface area contributed by atoms with Gasteiger partial charge in [-0.05, 0) is 73.9 Å². The number of aryl methyl sites for hydroxylation is 1. The molecular formula is C28H34N2. The second-order valence-corrected chi connectivity index (χ2v) is 6.92. The molecule has 0 atom stereocenters. The fraction of sp³-hybridized carbons (Fsp3) is 0.214. The van der Waals surface area contributed by atoms with Gasteiger partial charge in [-0.2, -0.15) is 0 Å². The summed E-state index contributed by atoms with van der Waals surface area (Å²) < 4.78 is 0. The number of allylic oxidation sites excluding steroid dienone is 7. The fourth-order valence-corrected chi connectivity index (χ4v) is 3.50. The van der Waals surface area contributed by atoms with E-state index in [1.165, 1.54) is 22.6 Å². The first-order valence-corrected chi connectivity index (χ1v) is 10.6. The summed E-state index contributed by atoms with van der Waals surface area (Å²) >= 11 is 0. The molecule has 0 radical (unpaired) electrons. The molecule has 2 heteroatoms. The van der Waals surface area contributed by atoms with E-state index < -0.39 is 0 Å². The number of para-hydroxylation sites is 1. The lowest BCUT2D eigenvalue weighted by Gasteiger charge is -2.32. The molecule has 0 amide bonds. The Morgan fingerprint density at radius 3 is 2.07 bits per heavy atom. The standard InChI is InChI=1S/C26H28N2.C2H6/c1-5-11-22(6-2)28(24-13-8-7-9-14-24)25-18-16-23(17-19-25)27(4)26-15-10-12-21(3)20-26;1-2/h5-16,18,20H,1-2,17,19H2,3-4H3;1-2H3/b22-11+;. The molecule has 0 N–H and O–H groups in total. The van der Waals surface area contributed by atoms with Gasteiger partial charge in [0.1, 0.15) is 0 Å². The minimum atomic E-state index is 0.958. The van der Waals surface area contributed by atoms with Crippen LogP contribution in [0, 0.1) is 6.92 Å². The smallest absolute Gasteiger partial charge is 0.0458 e. The van der Waals surface area contributed by atoms with Gasteiger partial charge in [0.15, 0.2) is 0 Å². The summed E-state index contributed by atoms with van der Waals surface area (Å²) in [6, 6.07) is 19.0. The second kappa shape index (κ2) is 11.7. The van der Waals surface area contributed by atoms with E-state index in [0.29, 0.717) is 0 Å². The molecule has 0 saturated heterocycles. The molecule has 2 aromatic carbocycles. The van der Waals surface area contributed by atoms with Gasteiger partial charge >= 0.3 is 0 Å². The van der Waals surface area contributed by atoms with Gasteiger partial charge < -0.3 is 9.80 Å². The van der Waals surface area contributed by atoms with E-state index in [1.807, 2.05) is 38.1 Å². The zero-order chi connectivity index (χ0) is 21.9. The number of anilines is 2. The molecule has 0 spiro atoms. The lowest BCUT2D eigenvalue weighted by atomic mass is 10.0.